The predicted octanol–water partition coefficient (Wildman–Crippen LogP) is 2.05. The van der Waals surface area contributed by atoms with Gasteiger partial charge in [-0.1, -0.05) is 12.1 Å². The summed E-state index contributed by atoms with van der Waals surface area (Å²) in [4.78, 5) is 25.5. The molecule has 0 radical (unpaired) electrons. The maximum absolute atomic E-state index is 13.1. The van der Waals surface area contributed by atoms with E-state index in [0.717, 1.165) is 12.8 Å². The zero-order valence-electron chi connectivity index (χ0n) is 10.6. The van der Waals surface area contributed by atoms with E-state index >= 15 is 0 Å². The van der Waals surface area contributed by atoms with Gasteiger partial charge in [-0.2, -0.15) is 0 Å². The Labute approximate surface area is 110 Å². The Morgan fingerprint density at radius 3 is 2.79 bits per heavy atom. The highest BCUT2D eigenvalue weighted by Gasteiger charge is 2.55. The van der Waals surface area contributed by atoms with E-state index in [1.54, 1.807) is 19.1 Å². The summed E-state index contributed by atoms with van der Waals surface area (Å²) in [6, 6.07) is 5.57. The topological polar surface area (TPSA) is 49.4 Å². The molecule has 1 saturated heterocycles. The van der Waals surface area contributed by atoms with Crippen LogP contribution in [0.3, 0.4) is 0 Å². The van der Waals surface area contributed by atoms with Crippen LogP contribution < -0.4 is 5.32 Å². The lowest BCUT2D eigenvalue weighted by Gasteiger charge is -2.21. The average molecular weight is 262 g/mol. The molecule has 1 N–H and O–H groups in total. The minimum absolute atomic E-state index is 0.116. The van der Waals surface area contributed by atoms with Gasteiger partial charge >= 0.3 is 6.03 Å². The minimum atomic E-state index is -0.773. The normalized spacial score (nSPS) is 26.7. The molecule has 5 heteroatoms. The summed E-state index contributed by atoms with van der Waals surface area (Å²) < 4.78 is 13.1. The lowest BCUT2D eigenvalue weighted by atomic mass is 9.96. The molecule has 2 aliphatic rings. The number of benzene rings is 1. The smallest absolute Gasteiger partial charge is 0.323 e. The number of halogens is 1. The quantitative estimate of drug-likeness (QED) is 0.847. The molecule has 1 aromatic rings. The van der Waals surface area contributed by atoms with Gasteiger partial charge in [0.2, 0.25) is 0 Å². The number of hydrogen-bond acceptors (Lipinski definition) is 2. The van der Waals surface area contributed by atoms with Crippen molar-refractivity contribution in [3.05, 3.63) is 35.6 Å². The molecule has 1 aliphatic heterocycles. The number of carbonyl (C=O) groups is 2. The predicted molar refractivity (Wildman–Crippen MR) is 66.6 cm³/mol. The van der Waals surface area contributed by atoms with Crippen LogP contribution in [0.15, 0.2) is 24.3 Å². The van der Waals surface area contributed by atoms with E-state index in [-0.39, 0.29) is 30.2 Å². The second kappa shape index (κ2) is 4.05. The number of urea groups is 1. The molecule has 100 valence electrons. The first-order valence-electron chi connectivity index (χ1n) is 6.39. The average Bonchev–Trinajstić information content (AvgIpc) is 3.16. The summed E-state index contributed by atoms with van der Waals surface area (Å²) in [5.74, 6) is -0.333. The highest BCUT2D eigenvalue weighted by molar-refractivity contribution is 6.07. The maximum Gasteiger partial charge on any atom is 0.325 e. The lowest BCUT2D eigenvalue weighted by molar-refractivity contribution is -0.131. The van der Waals surface area contributed by atoms with Gasteiger partial charge in [0.05, 0.1) is 6.54 Å². The van der Waals surface area contributed by atoms with Crippen LogP contribution in [0.25, 0.3) is 0 Å². The zero-order chi connectivity index (χ0) is 13.6. The third-order valence-electron chi connectivity index (χ3n) is 3.92. The molecule has 0 spiro atoms. The zero-order valence-corrected chi connectivity index (χ0v) is 10.6. The van der Waals surface area contributed by atoms with Crippen LogP contribution in [0.2, 0.25) is 0 Å². The van der Waals surface area contributed by atoms with Crippen LogP contribution in [0.5, 0.6) is 0 Å². The molecule has 1 unspecified atom stereocenters. The van der Waals surface area contributed by atoms with Crippen molar-refractivity contribution in [2.75, 3.05) is 0 Å². The van der Waals surface area contributed by atoms with Crippen LogP contribution in [-0.2, 0) is 11.3 Å². The maximum atomic E-state index is 13.1. The van der Waals surface area contributed by atoms with Crippen LogP contribution in [-0.4, -0.2) is 22.4 Å². The monoisotopic (exact) mass is 262 g/mol. The van der Waals surface area contributed by atoms with E-state index in [4.69, 9.17) is 0 Å². The minimum Gasteiger partial charge on any atom is -0.323 e. The second-order valence-corrected chi connectivity index (χ2v) is 5.43. The molecule has 1 aliphatic carbocycles. The Morgan fingerprint density at radius 1 is 1.42 bits per heavy atom. The summed E-state index contributed by atoms with van der Waals surface area (Å²) >= 11 is 0. The Morgan fingerprint density at radius 2 is 2.16 bits per heavy atom. The largest absolute Gasteiger partial charge is 0.325 e. The van der Waals surface area contributed by atoms with Crippen molar-refractivity contribution in [1.29, 1.82) is 0 Å². The molecule has 1 atom stereocenters. The highest BCUT2D eigenvalue weighted by atomic mass is 19.1. The van der Waals surface area contributed by atoms with Crippen LogP contribution in [0.4, 0.5) is 9.18 Å². The van der Waals surface area contributed by atoms with E-state index in [1.165, 1.54) is 17.0 Å². The second-order valence-electron chi connectivity index (χ2n) is 5.43. The Balaban J connectivity index is 1.81. The number of nitrogens with one attached hydrogen (secondary N) is 1. The van der Waals surface area contributed by atoms with Crippen molar-refractivity contribution in [2.45, 2.75) is 31.8 Å². The number of imide groups is 1. The molecule has 0 bridgehead atoms. The fourth-order valence-electron chi connectivity index (χ4n) is 2.61. The van der Waals surface area contributed by atoms with Crippen LogP contribution in [0.1, 0.15) is 25.3 Å². The first kappa shape index (κ1) is 12.1. The molecule has 1 aromatic carbocycles. The highest BCUT2D eigenvalue weighted by Crippen LogP contribution is 2.42. The van der Waals surface area contributed by atoms with Gasteiger partial charge in [-0.25, -0.2) is 9.18 Å². The van der Waals surface area contributed by atoms with Crippen molar-refractivity contribution in [3.8, 4) is 0 Å². The van der Waals surface area contributed by atoms with Crippen LogP contribution in [0, 0.1) is 11.7 Å². The number of nitrogens with zero attached hydrogens (tertiary/aromatic N) is 1. The first-order valence-corrected chi connectivity index (χ1v) is 6.39. The summed E-state index contributed by atoms with van der Waals surface area (Å²) in [5.41, 5.74) is -0.159. The molecule has 3 rings (SSSR count). The van der Waals surface area contributed by atoms with E-state index < -0.39 is 5.54 Å². The van der Waals surface area contributed by atoms with Gasteiger partial charge in [-0.15, -0.1) is 0 Å². The third kappa shape index (κ3) is 1.99. The molecule has 2 fully saturated rings. The Hall–Kier alpha value is -1.91. The summed E-state index contributed by atoms with van der Waals surface area (Å²) in [6.45, 7) is 1.89. The van der Waals surface area contributed by atoms with E-state index in [0.29, 0.717) is 5.56 Å². The molecule has 19 heavy (non-hydrogen) atoms. The van der Waals surface area contributed by atoms with Crippen molar-refractivity contribution in [1.82, 2.24) is 10.2 Å². The first-order chi connectivity index (χ1) is 9.00. The number of carbonyl (C=O) groups excluding carboxylic acids is 2. The molecular weight excluding hydrogens is 247 g/mol. The van der Waals surface area contributed by atoms with Crippen molar-refractivity contribution < 1.29 is 14.0 Å². The van der Waals surface area contributed by atoms with E-state index in [2.05, 4.69) is 5.32 Å². The van der Waals surface area contributed by atoms with Gasteiger partial charge in [-0.05, 0) is 43.4 Å². The fourth-order valence-corrected chi connectivity index (χ4v) is 2.61. The van der Waals surface area contributed by atoms with Crippen molar-refractivity contribution in [2.24, 2.45) is 5.92 Å². The van der Waals surface area contributed by atoms with Gasteiger partial charge < -0.3 is 5.32 Å². The SMILES string of the molecule is CC1(C2CC2)NC(=O)N(Cc2cccc(F)c2)C1=O. The molecule has 1 heterocycles. The third-order valence-corrected chi connectivity index (χ3v) is 3.92. The van der Waals surface area contributed by atoms with Crippen LogP contribution >= 0.6 is 0 Å². The summed E-state index contributed by atoms with van der Waals surface area (Å²) in [7, 11) is 0. The number of amides is 3. The van der Waals surface area contributed by atoms with E-state index in [9.17, 15) is 14.0 Å². The fraction of sp³-hybridized carbons (Fsp3) is 0.429. The van der Waals surface area contributed by atoms with E-state index in [1.807, 2.05) is 0 Å². The Kier molecular flexibility index (Phi) is 2.59. The molecule has 0 aromatic heterocycles. The van der Waals surface area contributed by atoms with Gasteiger partial charge in [0.1, 0.15) is 11.4 Å². The summed E-state index contributed by atoms with van der Waals surface area (Å²) in [6.07, 6.45) is 1.94. The summed E-state index contributed by atoms with van der Waals surface area (Å²) in [5, 5.41) is 2.77. The van der Waals surface area contributed by atoms with Crippen molar-refractivity contribution >= 4 is 11.9 Å². The number of hydrogen-bond donors (Lipinski definition) is 1. The van der Waals surface area contributed by atoms with Gasteiger partial charge in [0.25, 0.3) is 5.91 Å². The molecular formula is C14H15FN2O2. The lowest BCUT2D eigenvalue weighted by Crippen LogP contribution is -2.46. The van der Waals surface area contributed by atoms with Gasteiger partial charge in [0.15, 0.2) is 0 Å². The molecule has 3 amide bonds. The molecule has 1 saturated carbocycles. The van der Waals surface area contributed by atoms with Gasteiger partial charge in [0, 0.05) is 0 Å². The number of rotatable bonds is 3. The Bertz CT molecular complexity index is 556. The standard InChI is InChI=1S/C14H15FN2O2/c1-14(10-5-6-10)12(18)17(13(19)16-14)8-9-3-2-4-11(15)7-9/h2-4,7,10H,5-6,8H2,1H3,(H,16,19). The van der Waals surface area contributed by atoms with Gasteiger partial charge in [-0.3, -0.25) is 9.69 Å². The molecule has 4 nitrogen and oxygen atoms in total. The van der Waals surface area contributed by atoms with Crippen molar-refractivity contribution in [3.63, 3.8) is 0 Å².